The fraction of sp³-hybridized carbons (Fsp3) is 0.542. The average molecular weight is 438 g/mol. The fourth-order valence-electron chi connectivity index (χ4n) is 4.73. The van der Waals surface area contributed by atoms with Gasteiger partial charge in [0, 0.05) is 48.1 Å². The summed E-state index contributed by atoms with van der Waals surface area (Å²) in [5, 5.41) is 18.2. The Morgan fingerprint density at radius 2 is 2.00 bits per heavy atom. The van der Waals surface area contributed by atoms with Crippen molar-refractivity contribution in [2.45, 2.75) is 56.6 Å². The molecule has 1 aliphatic carbocycles. The SMILES string of the molecule is COC[C@H](C)Nc1ncc2c(-c3ccnc(C4COC4)c3)cc([C@H]3CC[C@H](O)CC3)n2n1. The molecule has 170 valence electrons. The highest BCUT2D eigenvalue weighted by Crippen LogP contribution is 2.38. The van der Waals surface area contributed by atoms with Crippen LogP contribution >= 0.6 is 0 Å². The standard InChI is InChI=1S/C24H31N5O3/c1-15(12-31-2)27-24-26-11-23-20(17-7-8-25-21(9-17)18-13-32-14-18)10-22(29(23)28-24)16-3-5-19(30)6-4-16/h7-11,15-16,18-19,30H,3-6,12-14H2,1-2H3,(H,27,28)/t15-,16-,19-/m0/s1. The number of fused-ring (bicyclic) bond motifs is 1. The van der Waals surface area contributed by atoms with Crippen LogP contribution in [0.5, 0.6) is 0 Å². The van der Waals surface area contributed by atoms with Crippen LogP contribution in [0.25, 0.3) is 16.6 Å². The third-order valence-corrected chi connectivity index (χ3v) is 6.60. The van der Waals surface area contributed by atoms with Crippen LogP contribution in [0.2, 0.25) is 0 Å². The van der Waals surface area contributed by atoms with Gasteiger partial charge < -0.3 is 19.9 Å². The molecule has 2 N–H and O–H groups in total. The molecule has 3 aromatic rings. The molecule has 0 radical (unpaired) electrons. The van der Waals surface area contributed by atoms with E-state index < -0.39 is 0 Å². The number of rotatable bonds is 7. The van der Waals surface area contributed by atoms with Gasteiger partial charge in [-0.1, -0.05) is 0 Å². The average Bonchev–Trinajstić information content (AvgIpc) is 3.12. The fourth-order valence-corrected chi connectivity index (χ4v) is 4.73. The van der Waals surface area contributed by atoms with Crippen molar-refractivity contribution < 1.29 is 14.6 Å². The second-order valence-corrected chi connectivity index (χ2v) is 9.07. The molecule has 3 aromatic heterocycles. The van der Waals surface area contributed by atoms with Crippen LogP contribution in [-0.2, 0) is 9.47 Å². The molecule has 8 nitrogen and oxygen atoms in total. The van der Waals surface area contributed by atoms with Crippen LogP contribution in [0, 0.1) is 0 Å². The van der Waals surface area contributed by atoms with E-state index in [9.17, 15) is 5.11 Å². The summed E-state index contributed by atoms with van der Waals surface area (Å²) in [4.78, 5) is 9.16. The predicted molar refractivity (Wildman–Crippen MR) is 122 cm³/mol. The van der Waals surface area contributed by atoms with E-state index in [1.807, 2.05) is 23.8 Å². The molecule has 1 aliphatic heterocycles. The Morgan fingerprint density at radius 1 is 1.19 bits per heavy atom. The summed E-state index contributed by atoms with van der Waals surface area (Å²) in [7, 11) is 1.69. The molecule has 1 saturated carbocycles. The first-order chi connectivity index (χ1) is 15.6. The number of aliphatic hydroxyl groups is 1. The van der Waals surface area contributed by atoms with E-state index in [0.29, 0.717) is 24.4 Å². The van der Waals surface area contributed by atoms with Crippen molar-refractivity contribution in [1.82, 2.24) is 19.6 Å². The van der Waals surface area contributed by atoms with Crippen molar-refractivity contribution >= 4 is 11.5 Å². The van der Waals surface area contributed by atoms with E-state index in [4.69, 9.17) is 14.6 Å². The van der Waals surface area contributed by atoms with E-state index >= 15 is 0 Å². The number of hydrogen-bond acceptors (Lipinski definition) is 7. The zero-order valence-corrected chi connectivity index (χ0v) is 18.7. The van der Waals surface area contributed by atoms with Crippen molar-refractivity contribution in [3.63, 3.8) is 0 Å². The molecule has 32 heavy (non-hydrogen) atoms. The van der Waals surface area contributed by atoms with E-state index in [1.165, 1.54) is 5.69 Å². The molecule has 0 unspecified atom stereocenters. The van der Waals surface area contributed by atoms with Gasteiger partial charge in [0.15, 0.2) is 0 Å². The highest BCUT2D eigenvalue weighted by atomic mass is 16.5. The molecule has 1 atom stereocenters. The van der Waals surface area contributed by atoms with Gasteiger partial charge in [0.05, 0.1) is 37.6 Å². The minimum absolute atomic E-state index is 0.105. The largest absolute Gasteiger partial charge is 0.393 e. The van der Waals surface area contributed by atoms with Crippen LogP contribution < -0.4 is 5.32 Å². The lowest BCUT2D eigenvalue weighted by molar-refractivity contribution is 0.00674. The normalized spacial score (nSPS) is 22.6. The van der Waals surface area contributed by atoms with Crippen molar-refractivity contribution in [3.8, 4) is 11.1 Å². The minimum Gasteiger partial charge on any atom is -0.393 e. The second kappa shape index (κ2) is 9.13. The molecule has 5 rings (SSSR count). The molecule has 4 heterocycles. The van der Waals surface area contributed by atoms with E-state index in [1.54, 1.807) is 7.11 Å². The van der Waals surface area contributed by atoms with Gasteiger partial charge in [-0.25, -0.2) is 9.50 Å². The van der Waals surface area contributed by atoms with Gasteiger partial charge in [0.25, 0.3) is 0 Å². The summed E-state index contributed by atoms with van der Waals surface area (Å²) in [5.41, 5.74) is 5.48. The molecular weight excluding hydrogens is 406 g/mol. The summed E-state index contributed by atoms with van der Waals surface area (Å²) >= 11 is 0. The number of pyridine rings is 1. The number of methoxy groups -OCH3 is 1. The Balaban J connectivity index is 1.55. The van der Waals surface area contributed by atoms with Crippen LogP contribution in [0.1, 0.15) is 55.8 Å². The number of aliphatic hydroxyl groups excluding tert-OH is 1. The summed E-state index contributed by atoms with van der Waals surface area (Å²) in [6, 6.07) is 6.59. The van der Waals surface area contributed by atoms with Crippen molar-refractivity contribution in [1.29, 1.82) is 0 Å². The summed E-state index contributed by atoms with van der Waals surface area (Å²) < 4.78 is 12.6. The van der Waals surface area contributed by atoms with Crippen molar-refractivity contribution in [2.24, 2.45) is 0 Å². The van der Waals surface area contributed by atoms with E-state index in [-0.39, 0.29) is 12.1 Å². The molecule has 2 aliphatic rings. The molecule has 2 fully saturated rings. The summed E-state index contributed by atoms with van der Waals surface area (Å²) in [6.07, 6.45) is 7.17. The lowest BCUT2D eigenvalue weighted by Gasteiger charge is -2.25. The van der Waals surface area contributed by atoms with Crippen LogP contribution in [0.15, 0.2) is 30.6 Å². The third kappa shape index (κ3) is 4.22. The predicted octanol–water partition coefficient (Wildman–Crippen LogP) is 3.37. The molecule has 0 spiro atoms. The van der Waals surface area contributed by atoms with Crippen molar-refractivity contribution in [3.05, 3.63) is 42.0 Å². The quantitative estimate of drug-likeness (QED) is 0.585. The zero-order valence-electron chi connectivity index (χ0n) is 18.7. The van der Waals surface area contributed by atoms with Gasteiger partial charge in [0.2, 0.25) is 5.95 Å². The topological polar surface area (TPSA) is 93.8 Å². The van der Waals surface area contributed by atoms with E-state index in [0.717, 1.165) is 61.2 Å². The van der Waals surface area contributed by atoms with Gasteiger partial charge in [-0.3, -0.25) is 4.98 Å². The number of anilines is 1. The first-order valence-electron chi connectivity index (χ1n) is 11.5. The zero-order chi connectivity index (χ0) is 22.1. The molecule has 0 amide bonds. The number of aromatic nitrogens is 4. The van der Waals surface area contributed by atoms with Gasteiger partial charge in [0.1, 0.15) is 0 Å². The third-order valence-electron chi connectivity index (χ3n) is 6.60. The maximum atomic E-state index is 10.0. The maximum Gasteiger partial charge on any atom is 0.241 e. The van der Waals surface area contributed by atoms with E-state index in [2.05, 4.69) is 33.5 Å². The van der Waals surface area contributed by atoms with Gasteiger partial charge in [-0.05, 0) is 56.4 Å². The van der Waals surface area contributed by atoms with Crippen molar-refractivity contribution in [2.75, 3.05) is 32.2 Å². The minimum atomic E-state index is -0.189. The second-order valence-electron chi connectivity index (χ2n) is 9.07. The molecule has 0 bridgehead atoms. The van der Waals surface area contributed by atoms with Crippen LogP contribution in [-0.4, -0.2) is 63.8 Å². The number of nitrogens with zero attached hydrogens (tertiary/aromatic N) is 4. The Kier molecular flexibility index (Phi) is 6.08. The Bertz CT molecular complexity index is 1070. The lowest BCUT2D eigenvalue weighted by atomic mass is 9.85. The number of ether oxygens (including phenoxy) is 2. The Labute approximate surface area is 188 Å². The summed E-state index contributed by atoms with van der Waals surface area (Å²) in [6.45, 7) is 4.10. The highest BCUT2D eigenvalue weighted by molar-refractivity contribution is 5.81. The molecule has 1 saturated heterocycles. The number of nitrogens with one attached hydrogen (secondary N) is 1. The monoisotopic (exact) mass is 437 g/mol. The van der Waals surface area contributed by atoms with Crippen LogP contribution in [0.3, 0.4) is 0 Å². The maximum absolute atomic E-state index is 10.0. The summed E-state index contributed by atoms with van der Waals surface area (Å²) in [5.74, 6) is 1.32. The first kappa shape index (κ1) is 21.3. The smallest absolute Gasteiger partial charge is 0.241 e. The van der Waals surface area contributed by atoms with Gasteiger partial charge in [-0.2, -0.15) is 0 Å². The Hall–Kier alpha value is -2.55. The first-order valence-corrected chi connectivity index (χ1v) is 11.5. The van der Waals surface area contributed by atoms with Gasteiger partial charge in [-0.15, -0.1) is 5.10 Å². The van der Waals surface area contributed by atoms with Gasteiger partial charge >= 0.3 is 0 Å². The Morgan fingerprint density at radius 3 is 2.72 bits per heavy atom. The molecular formula is C24H31N5O3. The van der Waals surface area contributed by atoms with Crippen LogP contribution in [0.4, 0.5) is 5.95 Å². The highest BCUT2D eigenvalue weighted by Gasteiger charge is 2.27. The lowest BCUT2D eigenvalue weighted by Crippen LogP contribution is -2.25. The number of hydrogen-bond donors (Lipinski definition) is 2. The molecule has 0 aromatic carbocycles. The molecule has 8 heteroatoms.